The van der Waals surface area contributed by atoms with Gasteiger partial charge in [-0.15, -0.1) is 5.10 Å². The van der Waals surface area contributed by atoms with Crippen molar-refractivity contribution < 1.29 is 9.53 Å². The number of hydrogen-bond acceptors (Lipinski definition) is 5. The minimum atomic E-state index is -0.00833. The van der Waals surface area contributed by atoms with E-state index < -0.39 is 0 Å². The molecule has 0 bridgehead atoms. The number of nitrogens with zero attached hydrogens (tertiary/aromatic N) is 4. The number of carbonyl (C=O) groups excluding carboxylic acids is 1. The van der Waals surface area contributed by atoms with E-state index in [0.29, 0.717) is 11.7 Å². The van der Waals surface area contributed by atoms with Crippen LogP contribution in [0.3, 0.4) is 0 Å². The first-order valence-corrected chi connectivity index (χ1v) is 9.76. The first-order valence-electron chi connectivity index (χ1n) is 9.76. The van der Waals surface area contributed by atoms with Gasteiger partial charge in [-0.05, 0) is 63.4 Å². The molecular weight excluding hydrogens is 342 g/mol. The van der Waals surface area contributed by atoms with Crippen LogP contribution in [-0.2, 0) is 0 Å². The molecule has 144 valence electrons. The monoisotopic (exact) mass is 369 g/mol. The van der Waals surface area contributed by atoms with Gasteiger partial charge in [0, 0.05) is 6.54 Å². The van der Waals surface area contributed by atoms with Gasteiger partial charge in [-0.3, -0.25) is 4.79 Å². The van der Waals surface area contributed by atoms with Crippen LogP contribution in [0.15, 0.2) is 24.3 Å². The molecule has 7 heteroatoms. The lowest BCUT2D eigenvalue weighted by molar-refractivity contribution is 0.0728. The predicted molar refractivity (Wildman–Crippen MR) is 102 cm³/mol. The first-order chi connectivity index (χ1) is 13.2. The predicted octanol–water partition coefficient (Wildman–Crippen LogP) is 2.50. The molecule has 3 heterocycles. The lowest BCUT2D eigenvalue weighted by atomic mass is 10.0. The molecule has 1 N–H and O–H groups in total. The SMILES string of the molecule is COc1ccc(C2CCCN2C(=O)c2nnn(C3CCNCC3)c2C)cc1. The maximum Gasteiger partial charge on any atom is 0.276 e. The van der Waals surface area contributed by atoms with Crippen LogP contribution in [0.2, 0.25) is 0 Å². The van der Waals surface area contributed by atoms with Gasteiger partial charge in [-0.25, -0.2) is 4.68 Å². The molecule has 4 rings (SSSR count). The Bertz CT molecular complexity index is 795. The quantitative estimate of drug-likeness (QED) is 0.896. The van der Waals surface area contributed by atoms with Crippen molar-refractivity contribution in [2.24, 2.45) is 0 Å². The van der Waals surface area contributed by atoms with Gasteiger partial charge in [-0.1, -0.05) is 17.3 Å². The average Bonchev–Trinajstić information content (AvgIpc) is 3.35. The van der Waals surface area contributed by atoms with Crippen LogP contribution >= 0.6 is 0 Å². The number of likely N-dealkylation sites (tertiary alicyclic amines) is 1. The summed E-state index contributed by atoms with van der Waals surface area (Å²) in [5, 5.41) is 12.0. The minimum Gasteiger partial charge on any atom is -0.497 e. The fraction of sp³-hybridized carbons (Fsp3) is 0.550. The third-order valence-corrected chi connectivity index (χ3v) is 5.80. The number of carbonyl (C=O) groups is 1. The van der Waals surface area contributed by atoms with Gasteiger partial charge in [0.05, 0.1) is 24.9 Å². The van der Waals surface area contributed by atoms with Crippen LogP contribution < -0.4 is 10.1 Å². The van der Waals surface area contributed by atoms with E-state index in [2.05, 4.69) is 15.6 Å². The maximum atomic E-state index is 13.2. The van der Waals surface area contributed by atoms with Crippen LogP contribution in [-0.4, -0.2) is 52.5 Å². The molecule has 2 aromatic rings. The summed E-state index contributed by atoms with van der Waals surface area (Å²) >= 11 is 0. The van der Waals surface area contributed by atoms with Crippen LogP contribution in [0.5, 0.6) is 5.75 Å². The summed E-state index contributed by atoms with van der Waals surface area (Å²) in [6, 6.07) is 8.43. The number of ether oxygens (including phenoxy) is 1. The molecule has 0 radical (unpaired) electrons. The summed E-state index contributed by atoms with van der Waals surface area (Å²) in [4.78, 5) is 15.2. The Morgan fingerprint density at radius 1 is 1.19 bits per heavy atom. The molecular formula is C20H27N5O2. The third kappa shape index (κ3) is 3.43. The Morgan fingerprint density at radius 2 is 1.93 bits per heavy atom. The Hall–Kier alpha value is -2.41. The number of amides is 1. The van der Waals surface area contributed by atoms with Gasteiger partial charge in [0.25, 0.3) is 5.91 Å². The number of methoxy groups -OCH3 is 1. The molecule has 2 fully saturated rings. The number of aromatic nitrogens is 3. The lowest BCUT2D eigenvalue weighted by Gasteiger charge is -2.25. The summed E-state index contributed by atoms with van der Waals surface area (Å²) < 4.78 is 7.20. The van der Waals surface area contributed by atoms with Crippen LogP contribution in [0.1, 0.15) is 59.5 Å². The highest BCUT2D eigenvalue weighted by atomic mass is 16.5. The number of nitrogens with one attached hydrogen (secondary N) is 1. The van der Waals surface area contributed by atoms with Gasteiger partial charge in [0.15, 0.2) is 5.69 Å². The van der Waals surface area contributed by atoms with Crippen LogP contribution in [0, 0.1) is 6.92 Å². The van der Waals surface area contributed by atoms with E-state index in [1.54, 1.807) is 7.11 Å². The number of piperidine rings is 1. The van der Waals surface area contributed by atoms with Gasteiger partial charge in [0.2, 0.25) is 0 Å². The van der Waals surface area contributed by atoms with Gasteiger partial charge in [0.1, 0.15) is 5.75 Å². The average molecular weight is 369 g/mol. The number of rotatable bonds is 4. The minimum absolute atomic E-state index is 0.00833. The summed E-state index contributed by atoms with van der Waals surface area (Å²) in [7, 11) is 1.66. The topological polar surface area (TPSA) is 72.3 Å². The Labute approximate surface area is 159 Å². The highest BCUT2D eigenvalue weighted by Gasteiger charge is 2.33. The van der Waals surface area contributed by atoms with Crippen molar-refractivity contribution >= 4 is 5.91 Å². The van der Waals surface area contributed by atoms with Crippen LogP contribution in [0.4, 0.5) is 0 Å². The third-order valence-electron chi connectivity index (χ3n) is 5.80. The molecule has 0 spiro atoms. The van der Waals surface area contributed by atoms with E-state index in [1.165, 1.54) is 0 Å². The van der Waals surface area contributed by atoms with E-state index in [4.69, 9.17) is 4.74 Å². The number of benzene rings is 1. The highest BCUT2D eigenvalue weighted by Crippen LogP contribution is 2.34. The van der Waals surface area contributed by atoms with Crippen molar-refractivity contribution in [1.82, 2.24) is 25.2 Å². The molecule has 2 saturated heterocycles. The van der Waals surface area contributed by atoms with Gasteiger partial charge >= 0.3 is 0 Å². The smallest absolute Gasteiger partial charge is 0.276 e. The standard InChI is InChI=1S/C20H27N5O2/c1-14-19(22-23-25(14)16-9-11-21-12-10-16)20(26)24-13-3-4-18(24)15-5-7-17(27-2)8-6-15/h5-8,16,18,21H,3-4,9-13H2,1-2H3. The summed E-state index contributed by atoms with van der Waals surface area (Å²) in [6.07, 6.45) is 4.02. The molecule has 2 aliphatic rings. The summed E-state index contributed by atoms with van der Waals surface area (Å²) in [6.45, 7) is 4.70. The molecule has 1 atom stereocenters. The van der Waals surface area contributed by atoms with E-state index in [9.17, 15) is 4.79 Å². The molecule has 1 amide bonds. The zero-order valence-electron chi connectivity index (χ0n) is 16.0. The molecule has 0 aliphatic carbocycles. The van der Waals surface area contributed by atoms with Crippen LogP contribution in [0.25, 0.3) is 0 Å². The zero-order valence-corrected chi connectivity index (χ0v) is 16.0. The van der Waals surface area contributed by atoms with E-state index in [-0.39, 0.29) is 11.9 Å². The van der Waals surface area contributed by atoms with E-state index in [1.807, 2.05) is 40.8 Å². The van der Waals surface area contributed by atoms with Crippen molar-refractivity contribution in [3.05, 3.63) is 41.2 Å². The Balaban J connectivity index is 1.55. The van der Waals surface area contributed by atoms with Crippen molar-refractivity contribution in [3.63, 3.8) is 0 Å². The molecule has 7 nitrogen and oxygen atoms in total. The summed E-state index contributed by atoms with van der Waals surface area (Å²) in [5.41, 5.74) is 2.52. The van der Waals surface area contributed by atoms with Gasteiger partial charge in [-0.2, -0.15) is 0 Å². The largest absolute Gasteiger partial charge is 0.497 e. The second-order valence-electron chi connectivity index (χ2n) is 7.38. The molecule has 27 heavy (non-hydrogen) atoms. The molecule has 1 aromatic carbocycles. The maximum absolute atomic E-state index is 13.2. The second-order valence-corrected chi connectivity index (χ2v) is 7.38. The van der Waals surface area contributed by atoms with E-state index >= 15 is 0 Å². The molecule has 1 unspecified atom stereocenters. The van der Waals surface area contributed by atoms with Crippen molar-refractivity contribution in [3.8, 4) is 5.75 Å². The zero-order chi connectivity index (χ0) is 18.8. The van der Waals surface area contributed by atoms with Crippen molar-refractivity contribution in [2.75, 3.05) is 26.7 Å². The highest BCUT2D eigenvalue weighted by molar-refractivity contribution is 5.93. The Morgan fingerprint density at radius 3 is 2.63 bits per heavy atom. The van der Waals surface area contributed by atoms with Crippen molar-refractivity contribution in [2.45, 2.75) is 44.7 Å². The van der Waals surface area contributed by atoms with Gasteiger partial charge < -0.3 is 15.0 Å². The lowest BCUT2D eigenvalue weighted by Crippen LogP contribution is -2.32. The normalized spacial score (nSPS) is 20.8. The molecule has 0 saturated carbocycles. The fourth-order valence-electron chi connectivity index (χ4n) is 4.25. The Kier molecular flexibility index (Phi) is 5.11. The second kappa shape index (κ2) is 7.68. The van der Waals surface area contributed by atoms with Crippen molar-refractivity contribution in [1.29, 1.82) is 0 Å². The summed E-state index contributed by atoms with van der Waals surface area (Å²) in [5.74, 6) is 0.821. The first kappa shape index (κ1) is 18.0. The fourth-order valence-corrected chi connectivity index (χ4v) is 4.25. The molecule has 2 aliphatic heterocycles. The number of hydrogen-bond donors (Lipinski definition) is 1. The molecule has 1 aromatic heterocycles. The van der Waals surface area contributed by atoms with E-state index in [0.717, 1.165) is 62.3 Å².